The van der Waals surface area contributed by atoms with Gasteiger partial charge in [-0.05, 0) is 44.0 Å². The van der Waals surface area contributed by atoms with Gasteiger partial charge in [-0.1, -0.05) is 6.07 Å². The second-order valence-electron chi connectivity index (χ2n) is 6.88. The van der Waals surface area contributed by atoms with Gasteiger partial charge >= 0.3 is 0 Å². The van der Waals surface area contributed by atoms with Crippen molar-refractivity contribution in [1.29, 1.82) is 0 Å². The third-order valence-corrected chi connectivity index (χ3v) is 4.92. The number of amides is 1. The van der Waals surface area contributed by atoms with E-state index >= 15 is 0 Å². The summed E-state index contributed by atoms with van der Waals surface area (Å²) in [4.78, 5) is 20.9. The number of carbonyl (C=O) groups excluding carboxylic acids is 1. The smallest absolute Gasteiger partial charge is 0.251 e. The van der Waals surface area contributed by atoms with Crippen molar-refractivity contribution in [2.45, 2.75) is 25.9 Å². The number of hydrogen-bond acceptors (Lipinski definition) is 7. The van der Waals surface area contributed by atoms with Crippen LogP contribution >= 0.6 is 0 Å². The zero-order chi connectivity index (χ0) is 18.6. The van der Waals surface area contributed by atoms with E-state index in [1.165, 1.54) is 0 Å². The van der Waals surface area contributed by atoms with Gasteiger partial charge in [-0.25, -0.2) is 4.98 Å². The monoisotopic (exact) mass is 368 g/mol. The number of nitrogens with one attached hydrogen (secondary N) is 1. The Labute approximate surface area is 158 Å². The Bertz CT molecular complexity index is 783. The number of nitrogens with zero attached hydrogens (tertiary/aromatic N) is 5. The van der Waals surface area contributed by atoms with E-state index in [1.807, 2.05) is 42.2 Å². The Balaban J connectivity index is 1.32. The van der Waals surface area contributed by atoms with Crippen molar-refractivity contribution in [2.75, 3.05) is 43.0 Å². The normalized spacial score (nSPS) is 20.0. The van der Waals surface area contributed by atoms with E-state index in [9.17, 15) is 4.79 Å². The highest BCUT2D eigenvalue weighted by Gasteiger charge is 2.30. The topological polar surface area (TPSA) is 83.5 Å². The molecule has 2 aromatic heterocycles. The van der Waals surface area contributed by atoms with Crippen molar-refractivity contribution in [3.05, 3.63) is 36.0 Å². The maximum absolute atomic E-state index is 12.4. The van der Waals surface area contributed by atoms with Crippen LogP contribution < -0.4 is 10.2 Å². The summed E-state index contributed by atoms with van der Waals surface area (Å²) in [5.74, 6) is 2.35. The predicted molar refractivity (Wildman–Crippen MR) is 102 cm³/mol. The third-order valence-electron chi connectivity index (χ3n) is 4.92. The number of rotatable bonds is 4. The molecule has 1 N–H and O–H groups in total. The molecule has 1 amide bonds. The molecule has 2 aliphatic heterocycles. The van der Waals surface area contributed by atoms with Gasteiger partial charge in [0, 0.05) is 38.5 Å². The SMILES string of the molecule is Cc1cccc(Nc2ccc(N3CCN(C(=O)[C@H]4CCCO4)CC3)nn2)n1. The van der Waals surface area contributed by atoms with Gasteiger partial charge in [0.2, 0.25) is 0 Å². The Morgan fingerprint density at radius 2 is 1.96 bits per heavy atom. The van der Waals surface area contributed by atoms with Crippen molar-refractivity contribution >= 4 is 23.4 Å². The molecule has 4 rings (SSSR count). The molecule has 142 valence electrons. The number of aryl methyl sites for hydroxylation is 1. The van der Waals surface area contributed by atoms with Gasteiger partial charge in [0.1, 0.15) is 11.9 Å². The number of carbonyl (C=O) groups is 1. The first-order chi connectivity index (χ1) is 13.2. The maximum Gasteiger partial charge on any atom is 0.251 e. The lowest BCUT2D eigenvalue weighted by Gasteiger charge is -2.36. The fourth-order valence-electron chi connectivity index (χ4n) is 3.44. The lowest BCUT2D eigenvalue weighted by Crippen LogP contribution is -2.51. The minimum atomic E-state index is -0.239. The summed E-state index contributed by atoms with van der Waals surface area (Å²) in [5.41, 5.74) is 0.944. The lowest BCUT2D eigenvalue weighted by atomic mass is 10.2. The second kappa shape index (κ2) is 7.87. The van der Waals surface area contributed by atoms with Crippen LogP contribution in [0, 0.1) is 6.92 Å². The number of hydrogen-bond donors (Lipinski definition) is 1. The van der Waals surface area contributed by atoms with Crippen LogP contribution in [0.2, 0.25) is 0 Å². The molecule has 2 aromatic rings. The molecule has 0 saturated carbocycles. The molecule has 0 unspecified atom stereocenters. The molecule has 0 aromatic carbocycles. The minimum Gasteiger partial charge on any atom is -0.368 e. The van der Waals surface area contributed by atoms with Crippen LogP contribution in [-0.4, -0.2) is 64.9 Å². The number of piperazine rings is 1. The van der Waals surface area contributed by atoms with Crippen molar-refractivity contribution in [3.8, 4) is 0 Å². The molecular weight excluding hydrogens is 344 g/mol. The molecule has 2 fully saturated rings. The number of anilines is 3. The highest BCUT2D eigenvalue weighted by molar-refractivity contribution is 5.81. The van der Waals surface area contributed by atoms with Crippen LogP contribution in [-0.2, 0) is 9.53 Å². The standard InChI is InChI=1S/C19H24N6O2/c1-14-4-2-6-16(20-14)21-17-7-8-18(23-22-17)24-9-11-25(12-10-24)19(26)15-5-3-13-27-15/h2,4,6-8,15H,3,5,9-13H2,1H3,(H,20,21,22)/t15-/m1/s1. The minimum absolute atomic E-state index is 0.128. The summed E-state index contributed by atoms with van der Waals surface area (Å²) in [5, 5.41) is 11.7. The van der Waals surface area contributed by atoms with Gasteiger partial charge in [-0.15, -0.1) is 10.2 Å². The van der Waals surface area contributed by atoms with E-state index in [1.54, 1.807) is 0 Å². The van der Waals surface area contributed by atoms with Gasteiger partial charge in [0.05, 0.1) is 0 Å². The van der Waals surface area contributed by atoms with Crippen LogP contribution in [0.1, 0.15) is 18.5 Å². The second-order valence-corrected chi connectivity index (χ2v) is 6.88. The molecule has 1 atom stereocenters. The first-order valence-electron chi connectivity index (χ1n) is 9.39. The van der Waals surface area contributed by atoms with E-state index in [0.717, 1.165) is 43.3 Å². The van der Waals surface area contributed by atoms with Gasteiger partial charge in [-0.3, -0.25) is 4.79 Å². The number of aromatic nitrogens is 3. The zero-order valence-electron chi connectivity index (χ0n) is 15.5. The van der Waals surface area contributed by atoms with Crippen LogP contribution in [0.5, 0.6) is 0 Å². The Morgan fingerprint density at radius 1 is 1.11 bits per heavy atom. The largest absolute Gasteiger partial charge is 0.368 e. The average Bonchev–Trinajstić information content (AvgIpc) is 3.23. The van der Waals surface area contributed by atoms with Gasteiger partial charge in [0.25, 0.3) is 5.91 Å². The van der Waals surface area contributed by atoms with E-state index in [-0.39, 0.29) is 12.0 Å². The summed E-state index contributed by atoms with van der Waals surface area (Å²) in [6.07, 6.45) is 1.58. The van der Waals surface area contributed by atoms with Gasteiger partial charge in [-0.2, -0.15) is 0 Å². The Morgan fingerprint density at radius 3 is 2.63 bits per heavy atom. The maximum atomic E-state index is 12.4. The van der Waals surface area contributed by atoms with Crippen molar-refractivity contribution in [3.63, 3.8) is 0 Å². The van der Waals surface area contributed by atoms with Crippen LogP contribution in [0.3, 0.4) is 0 Å². The fraction of sp³-hybridized carbons (Fsp3) is 0.474. The van der Waals surface area contributed by atoms with E-state index in [4.69, 9.17) is 4.74 Å². The average molecular weight is 368 g/mol. The zero-order valence-corrected chi connectivity index (χ0v) is 15.5. The van der Waals surface area contributed by atoms with Crippen LogP contribution in [0.15, 0.2) is 30.3 Å². The predicted octanol–water partition coefficient (Wildman–Crippen LogP) is 1.75. The van der Waals surface area contributed by atoms with Crippen molar-refractivity contribution < 1.29 is 9.53 Å². The molecule has 2 aliphatic rings. The quantitative estimate of drug-likeness (QED) is 0.880. The van der Waals surface area contributed by atoms with Gasteiger partial charge < -0.3 is 19.9 Å². The van der Waals surface area contributed by atoms with E-state index in [0.29, 0.717) is 25.5 Å². The lowest BCUT2D eigenvalue weighted by molar-refractivity contribution is -0.141. The van der Waals surface area contributed by atoms with E-state index < -0.39 is 0 Å². The number of pyridine rings is 1. The summed E-state index contributed by atoms with van der Waals surface area (Å²) >= 11 is 0. The molecule has 0 aliphatic carbocycles. The van der Waals surface area contributed by atoms with Crippen LogP contribution in [0.25, 0.3) is 0 Å². The van der Waals surface area contributed by atoms with Crippen molar-refractivity contribution in [2.24, 2.45) is 0 Å². The molecule has 2 saturated heterocycles. The fourth-order valence-corrected chi connectivity index (χ4v) is 3.44. The first kappa shape index (κ1) is 17.7. The molecular formula is C19H24N6O2. The molecule has 4 heterocycles. The molecule has 8 heteroatoms. The van der Waals surface area contributed by atoms with E-state index in [2.05, 4.69) is 25.4 Å². The van der Waals surface area contributed by atoms with Crippen molar-refractivity contribution in [1.82, 2.24) is 20.1 Å². The van der Waals surface area contributed by atoms with Crippen LogP contribution in [0.4, 0.5) is 17.5 Å². The summed E-state index contributed by atoms with van der Waals surface area (Å²) in [6, 6.07) is 9.64. The highest BCUT2D eigenvalue weighted by atomic mass is 16.5. The highest BCUT2D eigenvalue weighted by Crippen LogP contribution is 2.19. The Kier molecular flexibility index (Phi) is 5.15. The number of ether oxygens (including phenoxy) is 1. The summed E-state index contributed by atoms with van der Waals surface area (Å²) < 4.78 is 5.51. The molecule has 27 heavy (non-hydrogen) atoms. The third kappa shape index (κ3) is 4.16. The molecule has 0 spiro atoms. The first-order valence-corrected chi connectivity index (χ1v) is 9.39. The summed E-state index contributed by atoms with van der Waals surface area (Å²) in [7, 11) is 0. The summed E-state index contributed by atoms with van der Waals surface area (Å²) in [6.45, 7) is 5.52. The molecule has 8 nitrogen and oxygen atoms in total. The molecule has 0 radical (unpaired) electrons. The Hall–Kier alpha value is -2.74. The molecule has 0 bridgehead atoms. The van der Waals surface area contributed by atoms with Gasteiger partial charge in [0.15, 0.2) is 11.6 Å².